The van der Waals surface area contributed by atoms with E-state index < -0.39 is 28.0 Å². The Morgan fingerprint density at radius 1 is 1.10 bits per heavy atom. The normalized spacial score (nSPS) is 12.3. The average Bonchev–Trinajstić information content (AvgIpc) is 2.68. The topological polar surface area (TPSA) is 102 Å². The molecule has 0 radical (unpaired) electrons. The lowest BCUT2D eigenvalue weighted by Crippen LogP contribution is -2.30. The van der Waals surface area contributed by atoms with Crippen LogP contribution in [0.1, 0.15) is 24.2 Å². The van der Waals surface area contributed by atoms with Gasteiger partial charge in [-0.05, 0) is 56.3 Å². The van der Waals surface area contributed by atoms with Crippen LogP contribution in [0, 0.1) is 0 Å². The van der Waals surface area contributed by atoms with E-state index in [2.05, 4.69) is 5.32 Å². The summed E-state index contributed by atoms with van der Waals surface area (Å²) in [5.41, 5.74) is 0.564. The molecule has 2 aromatic rings. The van der Waals surface area contributed by atoms with Crippen LogP contribution in [0.2, 0.25) is 0 Å². The maximum atomic E-state index is 12.3. The van der Waals surface area contributed by atoms with Gasteiger partial charge < -0.3 is 14.8 Å². The maximum absolute atomic E-state index is 12.3. The summed E-state index contributed by atoms with van der Waals surface area (Å²) in [5.74, 6) is -0.606. The van der Waals surface area contributed by atoms with Crippen LogP contribution in [0.15, 0.2) is 53.4 Å². The van der Waals surface area contributed by atoms with E-state index in [-0.39, 0.29) is 16.1 Å². The van der Waals surface area contributed by atoms with Crippen molar-refractivity contribution >= 4 is 27.6 Å². The zero-order valence-electron chi connectivity index (χ0n) is 16.7. The van der Waals surface area contributed by atoms with E-state index in [4.69, 9.17) is 9.47 Å². The molecular weight excluding hydrogens is 396 g/mol. The summed E-state index contributed by atoms with van der Waals surface area (Å²) >= 11 is 0. The van der Waals surface area contributed by atoms with Gasteiger partial charge in [0.05, 0.1) is 17.1 Å². The van der Waals surface area contributed by atoms with E-state index in [1.165, 1.54) is 39.2 Å². The Kier molecular flexibility index (Phi) is 7.35. The number of nitrogens with one attached hydrogen (secondary N) is 1. The number of rotatable bonds is 8. The van der Waals surface area contributed by atoms with E-state index in [0.717, 1.165) is 4.31 Å². The first-order valence-corrected chi connectivity index (χ1v) is 10.4. The highest BCUT2D eigenvalue weighted by atomic mass is 32.2. The van der Waals surface area contributed by atoms with Gasteiger partial charge in [-0.3, -0.25) is 4.79 Å². The molecule has 9 heteroatoms. The summed E-state index contributed by atoms with van der Waals surface area (Å²) in [6.45, 7) is 3.80. The third-order valence-corrected chi connectivity index (χ3v) is 5.75. The molecule has 0 aliphatic rings. The van der Waals surface area contributed by atoms with Crippen molar-refractivity contribution in [1.29, 1.82) is 0 Å². The lowest BCUT2D eigenvalue weighted by molar-refractivity contribution is -0.123. The predicted molar refractivity (Wildman–Crippen MR) is 108 cm³/mol. The third kappa shape index (κ3) is 5.78. The van der Waals surface area contributed by atoms with Crippen molar-refractivity contribution in [3.63, 3.8) is 0 Å². The molecule has 1 N–H and O–H groups in total. The summed E-state index contributed by atoms with van der Waals surface area (Å²) in [6.07, 6.45) is -1.08. The van der Waals surface area contributed by atoms with Crippen molar-refractivity contribution in [2.45, 2.75) is 24.8 Å². The highest BCUT2D eigenvalue weighted by molar-refractivity contribution is 7.89. The molecule has 0 aromatic heterocycles. The molecule has 0 heterocycles. The Morgan fingerprint density at radius 3 is 2.34 bits per heavy atom. The van der Waals surface area contributed by atoms with E-state index >= 15 is 0 Å². The van der Waals surface area contributed by atoms with Crippen molar-refractivity contribution < 1.29 is 27.5 Å². The molecule has 156 valence electrons. The molecule has 29 heavy (non-hydrogen) atoms. The number of hydrogen-bond donors (Lipinski definition) is 1. The maximum Gasteiger partial charge on any atom is 0.338 e. The van der Waals surface area contributed by atoms with Gasteiger partial charge in [0.2, 0.25) is 10.0 Å². The number of benzene rings is 2. The number of ether oxygens (including phenoxy) is 2. The van der Waals surface area contributed by atoms with E-state index in [1.807, 2.05) is 6.92 Å². The smallest absolute Gasteiger partial charge is 0.338 e. The number of carbonyl (C=O) groups is 2. The van der Waals surface area contributed by atoms with Crippen LogP contribution < -0.4 is 10.1 Å². The summed E-state index contributed by atoms with van der Waals surface area (Å²) in [7, 11) is -0.792. The molecule has 0 bridgehead atoms. The average molecular weight is 420 g/mol. The minimum Gasteiger partial charge on any atom is -0.494 e. The largest absolute Gasteiger partial charge is 0.494 e. The van der Waals surface area contributed by atoms with Gasteiger partial charge in [-0.15, -0.1) is 0 Å². The predicted octanol–water partition coefficient (Wildman–Crippen LogP) is 2.52. The number of esters is 1. The van der Waals surface area contributed by atoms with Crippen LogP contribution >= 0.6 is 0 Å². The van der Waals surface area contributed by atoms with Crippen molar-refractivity contribution in [1.82, 2.24) is 4.31 Å². The second-order valence-electron chi connectivity index (χ2n) is 6.31. The minimum atomic E-state index is -3.63. The highest BCUT2D eigenvalue weighted by Gasteiger charge is 2.21. The fraction of sp³-hybridized carbons (Fsp3) is 0.300. The van der Waals surface area contributed by atoms with Gasteiger partial charge in [-0.1, -0.05) is 6.07 Å². The SMILES string of the molecule is CCOc1ccc(C(=O)O[C@H](C)C(=O)Nc2cccc(S(=O)(=O)N(C)C)c2)cc1. The summed E-state index contributed by atoms with van der Waals surface area (Å²) in [5, 5.41) is 2.56. The lowest BCUT2D eigenvalue weighted by Gasteiger charge is -2.15. The molecule has 0 saturated carbocycles. The number of hydrogen-bond acceptors (Lipinski definition) is 6. The first-order chi connectivity index (χ1) is 13.6. The number of nitrogens with zero attached hydrogens (tertiary/aromatic N) is 1. The Labute approximate surface area is 170 Å². The Bertz CT molecular complexity index is 971. The summed E-state index contributed by atoms with van der Waals surface area (Å²) < 4.78 is 36.0. The van der Waals surface area contributed by atoms with Crippen LogP contribution in [0.4, 0.5) is 5.69 Å². The summed E-state index contributed by atoms with van der Waals surface area (Å²) in [4.78, 5) is 24.6. The van der Waals surface area contributed by atoms with Crippen molar-refractivity contribution in [3.05, 3.63) is 54.1 Å². The van der Waals surface area contributed by atoms with Gasteiger partial charge in [0.15, 0.2) is 6.10 Å². The zero-order valence-corrected chi connectivity index (χ0v) is 17.5. The quantitative estimate of drug-likeness (QED) is 0.659. The molecule has 2 aromatic carbocycles. The second-order valence-corrected chi connectivity index (χ2v) is 8.46. The van der Waals surface area contributed by atoms with Gasteiger partial charge in [-0.2, -0.15) is 0 Å². The first kappa shape index (κ1) is 22.4. The molecule has 0 saturated heterocycles. The zero-order chi connectivity index (χ0) is 21.6. The fourth-order valence-electron chi connectivity index (χ4n) is 2.33. The Morgan fingerprint density at radius 2 is 1.76 bits per heavy atom. The monoisotopic (exact) mass is 420 g/mol. The van der Waals surface area contributed by atoms with Gasteiger partial charge in [0, 0.05) is 19.8 Å². The van der Waals surface area contributed by atoms with Crippen LogP contribution in [-0.2, 0) is 19.6 Å². The molecule has 0 fully saturated rings. The lowest BCUT2D eigenvalue weighted by atomic mass is 10.2. The Balaban J connectivity index is 2.03. The molecule has 0 aliphatic heterocycles. The molecule has 0 unspecified atom stereocenters. The standard InChI is InChI=1S/C20H24N2O6S/c1-5-27-17-11-9-15(10-12-17)20(24)28-14(2)19(23)21-16-7-6-8-18(13-16)29(25,26)22(3)4/h6-14H,5H2,1-4H3,(H,21,23)/t14-/m1/s1. The third-order valence-electron chi connectivity index (χ3n) is 3.93. The van der Waals surface area contributed by atoms with Gasteiger partial charge in [0.1, 0.15) is 5.75 Å². The Hall–Kier alpha value is -2.91. The van der Waals surface area contributed by atoms with Crippen LogP contribution in [-0.4, -0.2) is 51.4 Å². The molecule has 1 amide bonds. The summed E-state index contributed by atoms with van der Waals surface area (Å²) in [6, 6.07) is 12.2. The fourth-order valence-corrected chi connectivity index (χ4v) is 3.27. The molecule has 0 aliphatic carbocycles. The number of amides is 1. The van der Waals surface area contributed by atoms with Crippen LogP contribution in [0.25, 0.3) is 0 Å². The molecule has 2 rings (SSSR count). The highest BCUT2D eigenvalue weighted by Crippen LogP contribution is 2.19. The molecular formula is C20H24N2O6S. The van der Waals surface area contributed by atoms with Crippen LogP contribution in [0.5, 0.6) is 5.75 Å². The first-order valence-electron chi connectivity index (χ1n) is 8.92. The van der Waals surface area contributed by atoms with Crippen molar-refractivity contribution in [2.75, 3.05) is 26.0 Å². The van der Waals surface area contributed by atoms with E-state index in [9.17, 15) is 18.0 Å². The van der Waals surface area contributed by atoms with Gasteiger partial charge in [-0.25, -0.2) is 17.5 Å². The van der Waals surface area contributed by atoms with E-state index in [1.54, 1.807) is 30.3 Å². The molecule has 8 nitrogen and oxygen atoms in total. The van der Waals surface area contributed by atoms with E-state index in [0.29, 0.717) is 12.4 Å². The van der Waals surface area contributed by atoms with Gasteiger partial charge in [0.25, 0.3) is 5.91 Å². The second kappa shape index (κ2) is 9.53. The molecule has 0 spiro atoms. The van der Waals surface area contributed by atoms with Crippen molar-refractivity contribution in [2.24, 2.45) is 0 Å². The molecule has 1 atom stereocenters. The number of sulfonamides is 1. The van der Waals surface area contributed by atoms with Gasteiger partial charge >= 0.3 is 5.97 Å². The van der Waals surface area contributed by atoms with Crippen molar-refractivity contribution in [3.8, 4) is 5.75 Å². The number of carbonyl (C=O) groups excluding carboxylic acids is 2. The van der Waals surface area contributed by atoms with Crippen LogP contribution in [0.3, 0.4) is 0 Å². The minimum absolute atomic E-state index is 0.0411. The number of anilines is 1.